The van der Waals surface area contributed by atoms with Gasteiger partial charge in [0.15, 0.2) is 0 Å². The predicted octanol–water partition coefficient (Wildman–Crippen LogP) is 15.1. The van der Waals surface area contributed by atoms with Crippen molar-refractivity contribution in [3.63, 3.8) is 0 Å². The van der Waals surface area contributed by atoms with E-state index in [1.165, 1.54) is 9.80 Å². The molecule has 0 aliphatic carbocycles. The highest BCUT2D eigenvalue weighted by molar-refractivity contribution is 6.44. The Hall–Kier alpha value is -9.00. The molecule has 0 bridgehead atoms. The molecule has 6 heteroatoms. The fourth-order valence-electron chi connectivity index (χ4n) is 11.4. The summed E-state index contributed by atoms with van der Waals surface area (Å²) in [5.74, 6) is -1.45. The van der Waals surface area contributed by atoms with E-state index in [1.807, 2.05) is 147 Å². The van der Waals surface area contributed by atoms with E-state index in [0.717, 1.165) is 88.0 Å². The summed E-state index contributed by atoms with van der Waals surface area (Å²) in [4.78, 5) is 63.3. The second kappa shape index (κ2) is 15.8. The normalized spacial score (nSPS) is 14.4. The van der Waals surface area contributed by atoms with Gasteiger partial charge in [0.25, 0.3) is 23.6 Å². The van der Waals surface area contributed by atoms with E-state index in [9.17, 15) is 9.59 Å². The van der Waals surface area contributed by atoms with Crippen LogP contribution < -0.4 is 0 Å². The van der Waals surface area contributed by atoms with Gasteiger partial charge < -0.3 is 0 Å². The fraction of sp³-hybridized carbons (Fsp3) is 0.0625. The van der Waals surface area contributed by atoms with Crippen LogP contribution in [-0.2, 0) is 0 Å². The second-order valence-electron chi connectivity index (χ2n) is 18.5. The van der Waals surface area contributed by atoms with Crippen molar-refractivity contribution < 1.29 is 19.2 Å². The molecule has 0 saturated heterocycles. The van der Waals surface area contributed by atoms with Crippen LogP contribution in [0.1, 0.15) is 78.5 Å². The van der Waals surface area contributed by atoms with E-state index in [1.54, 1.807) is 0 Å². The Bertz CT molecular complexity index is 3700. The molecular weight excluding hydrogens is 861 g/mol. The largest absolute Gasteiger partial charge is 0.269 e. The number of fused-ring (bicyclic) bond motifs is 2. The van der Waals surface area contributed by atoms with Gasteiger partial charge in [-0.15, -0.1) is 0 Å². The molecule has 13 rings (SSSR count). The van der Waals surface area contributed by atoms with Crippen LogP contribution in [0.3, 0.4) is 0 Å². The first-order chi connectivity index (χ1) is 34.3. The number of rotatable bonds is 8. The number of carbonyl (C=O) groups is 4. The Morgan fingerprint density at radius 3 is 0.929 bits per heavy atom. The summed E-state index contributed by atoms with van der Waals surface area (Å²) in [5.41, 5.74) is 11.1. The smallest absolute Gasteiger partial charge is 0.261 e. The topological polar surface area (TPSA) is 74.8 Å². The molecule has 6 nitrogen and oxygen atoms in total. The monoisotopic (exact) mass is 902 g/mol. The molecule has 0 spiro atoms. The van der Waals surface area contributed by atoms with Gasteiger partial charge in [-0.1, -0.05) is 182 Å². The van der Waals surface area contributed by atoms with Gasteiger partial charge in [0.05, 0.1) is 12.1 Å². The molecule has 11 aromatic carbocycles. The molecule has 0 fully saturated rings. The molecule has 0 aromatic heterocycles. The van der Waals surface area contributed by atoms with Gasteiger partial charge >= 0.3 is 0 Å². The molecule has 4 amide bonds. The van der Waals surface area contributed by atoms with Gasteiger partial charge in [0.2, 0.25) is 0 Å². The number of carbonyl (C=O) groups excluding carboxylic acids is 4. The number of benzene rings is 11. The van der Waals surface area contributed by atoms with E-state index in [0.29, 0.717) is 33.0 Å². The number of amides is 4. The minimum absolute atomic E-state index is 0.358. The Morgan fingerprint density at radius 1 is 0.271 bits per heavy atom. The molecule has 2 heterocycles. The highest BCUT2D eigenvalue weighted by atomic mass is 16.2. The molecule has 0 radical (unpaired) electrons. The third kappa shape index (κ3) is 6.06. The molecule has 0 N–H and O–H groups in total. The molecular formula is C64H42N2O4. The van der Waals surface area contributed by atoms with Crippen molar-refractivity contribution in [1.29, 1.82) is 0 Å². The van der Waals surface area contributed by atoms with Crippen molar-refractivity contribution >= 4 is 66.7 Å². The van der Waals surface area contributed by atoms with Gasteiger partial charge in [-0.05, 0) is 126 Å². The zero-order chi connectivity index (χ0) is 47.4. The molecule has 11 aromatic rings. The zero-order valence-electron chi connectivity index (χ0n) is 38.3. The molecule has 332 valence electrons. The Labute approximate surface area is 404 Å². The van der Waals surface area contributed by atoms with Crippen molar-refractivity contribution in [3.05, 3.63) is 240 Å². The van der Waals surface area contributed by atoms with Crippen LogP contribution in [0, 0.1) is 0 Å². The maximum atomic E-state index is 15.3. The first-order valence-electron chi connectivity index (χ1n) is 23.7. The van der Waals surface area contributed by atoms with Crippen molar-refractivity contribution in [2.75, 3.05) is 0 Å². The number of hydrogen-bond acceptors (Lipinski definition) is 4. The number of hydrogen-bond donors (Lipinski definition) is 0. The van der Waals surface area contributed by atoms with Crippen molar-refractivity contribution in [3.8, 4) is 44.5 Å². The molecule has 70 heavy (non-hydrogen) atoms. The lowest BCUT2D eigenvalue weighted by atomic mass is 9.77. The van der Waals surface area contributed by atoms with Crippen LogP contribution in [0.15, 0.2) is 206 Å². The Morgan fingerprint density at radius 2 is 0.571 bits per heavy atom. The van der Waals surface area contributed by atoms with Crippen LogP contribution in [0.4, 0.5) is 0 Å². The van der Waals surface area contributed by atoms with Gasteiger partial charge in [-0.3, -0.25) is 29.0 Å². The minimum atomic E-state index is -0.535. The molecule has 0 saturated carbocycles. The lowest BCUT2D eigenvalue weighted by Gasteiger charge is -2.35. The summed E-state index contributed by atoms with van der Waals surface area (Å²) >= 11 is 0. The summed E-state index contributed by atoms with van der Waals surface area (Å²) in [5, 5.41) is 6.10. The average Bonchev–Trinajstić information content (AvgIpc) is 3.42. The molecule has 2 aliphatic heterocycles. The maximum absolute atomic E-state index is 15.3. The Kier molecular flexibility index (Phi) is 9.30. The van der Waals surface area contributed by atoms with E-state index in [4.69, 9.17) is 0 Å². The van der Waals surface area contributed by atoms with Gasteiger partial charge in [0, 0.05) is 33.0 Å². The standard InChI is InChI=1S/C64H42N2O4/c1-37(39-15-7-3-8-16-39)65-61(67)49-33-31-47-56-52(46-29-25-44(26-30-46)42-21-13-6-14-22-42)36-54-58-50(62(68)66(64(54)70)38(2)40-17-9-4-10-18-40)34-32-48(60(56)58)55-51(35-53(63(65)69)57(49)59(47)55)45-27-23-43(24-28-45)41-19-11-5-12-20-41/h3-38H,1-2H3. The molecule has 2 unspecified atom stereocenters. The van der Waals surface area contributed by atoms with Crippen LogP contribution in [0.2, 0.25) is 0 Å². The third-order valence-electron chi connectivity index (χ3n) is 14.8. The SMILES string of the molecule is CC(c1ccccc1)N1C(=O)c2ccc3c4c(-c5ccc(-c6ccccc6)cc5)cc5c6c(ccc(c7c(-c8ccc(-c9ccccc9)cc8)cc(c2c37)C1=O)c64)C(=O)N(C(C)c1ccccc1)C5=O. The summed E-state index contributed by atoms with van der Waals surface area (Å²) in [6.45, 7) is 3.80. The summed E-state index contributed by atoms with van der Waals surface area (Å²) in [7, 11) is 0. The van der Waals surface area contributed by atoms with Crippen molar-refractivity contribution in [1.82, 2.24) is 9.80 Å². The van der Waals surface area contributed by atoms with E-state index >= 15 is 9.59 Å². The second-order valence-corrected chi connectivity index (χ2v) is 18.5. The molecule has 2 aliphatic rings. The predicted molar refractivity (Wildman–Crippen MR) is 280 cm³/mol. The summed E-state index contributed by atoms with van der Waals surface area (Å²) in [6, 6.07) is 67.1. The first-order valence-corrected chi connectivity index (χ1v) is 23.7. The van der Waals surface area contributed by atoms with E-state index in [-0.39, 0.29) is 23.6 Å². The lowest BCUT2D eigenvalue weighted by Crippen LogP contribution is -2.42. The third-order valence-corrected chi connectivity index (χ3v) is 14.8. The first kappa shape index (κ1) is 41.2. The van der Waals surface area contributed by atoms with Gasteiger partial charge in [-0.2, -0.15) is 0 Å². The fourth-order valence-corrected chi connectivity index (χ4v) is 11.4. The van der Waals surface area contributed by atoms with Gasteiger partial charge in [-0.25, -0.2) is 0 Å². The zero-order valence-corrected chi connectivity index (χ0v) is 38.3. The maximum Gasteiger partial charge on any atom is 0.261 e. The lowest BCUT2D eigenvalue weighted by molar-refractivity contribution is 0.0534. The number of nitrogens with zero attached hydrogens (tertiary/aromatic N) is 2. The average molecular weight is 903 g/mol. The van der Waals surface area contributed by atoms with E-state index in [2.05, 4.69) is 72.8 Å². The quantitative estimate of drug-likeness (QED) is 0.0865. The summed E-state index contributed by atoms with van der Waals surface area (Å²) < 4.78 is 0. The highest BCUT2D eigenvalue weighted by Gasteiger charge is 2.41. The number of imide groups is 2. The molecule has 2 atom stereocenters. The van der Waals surface area contributed by atoms with Crippen molar-refractivity contribution in [2.45, 2.75) is 25.9 Å². The van der Waals surface area contributed by atoms with Crippen LogP contribution in [-0.4, -0.2) is 33.4 Å². The summed E-state index contributed by atoms with van der Waals surface area (Å²) in [6.07, 6.45) is 0. The van der Waals surface area contributed by atoms with Crippen molar-refractivity contribution in [2.24, 2.45) is 0 Å². The van der Waals surface area contributed by atoms with Crippen LogP contribution >= 0.6 is 0 Å². The van der Waals surface area contributed by atoms with Gasteiger partial charge in [0.1, 0.15) is 0 Å². The van der Waals surface area contributed by atoms with Crippen LogP contribution in [0.25, 0.3) is 87.6 Å². The Balaban J connectivity index is 1.14. The van der Waals surface area contributed by atoms with Crippen LogP contribution in [0.5, 0.6) is 0 Å². The minimum Gasteiger partial charge on any atom is -0.269 e. The van der Waals surface area contributed by atoms with E-state index < -0.39 is 12.1 Å². The highest BCUT2D eigenvalue weighted by Crippen LogP contribution is 2.53.